The highest BCUT2D eigenvalue weighted by Crippen LogP contribution is 2.45. The van der Waals surface area contributed by atoms with E-state index >= 15 is 0 Å². The molecule has 2 saturated carbocycles. The van der Waals surface area contributed by atoms with Crippen LogP contribution >= 0.6 is 0 Å². The molecule has 2 N–H and O–H groups in total. The molecule has 0 radical (unpaired) electrons. The molecule has 0 heterocycles. The molecule has 3 atom stereocenters. The molecule has 2 aliphatic rings. The summed E-state index contributed by atoms with van der Waals surface area (Å²) in [4.78, 5) is 0. The molecule has 3 unspecified atom stereocenters. The molecular weight excluding hydrogens is 140 g/mol. The molecule has 2 aliphatic carbocycles. The first kappa shape index (κ1) is 7.56. The fourth-order valence-corrected chi connectivity index (χ4v) is 2.72. The van der Waals surface area contributed by atoms with Crippen LogP contribution in [0.5, 0.6) is 0 Å². The van der Waals surface area contributed by atoms with Gasteiger partial charge in [0.1, 0.15) is 0 Å². The Morgan fingerprint density at radius 3 is 2.82 bits per heavy atom. The van der Waals surface area contributed by atoms with E-state index < -0.39 is 5.60 Å². The topological polar surface area (TPSA) is 40.5 Å². The van der Waals surface area contributed by atoms with E-state index in [1.54, 1.807) is 0 Å². The SMILES string of the molecule is OC1CC2CCCCC2(O)C1. The van der Waals surface area contributed by atoms with Gasteiger partial charge in [-0.2, -0.15) is 0 Å². The lowest BCUT2D eigenvalue weighted by atomic mass is 9.78. The summed E-state index contributed by atoms with van der Waals surface area (Å²) in [5, 5.41) is 19.4. The summed E-state index contributed by atoms with van der Waals surface area (Å²) < 4.78 is 0. The van der Waals surface area contributed by atoms with Crippen molar-refractivity contribution in [3.63, 3.8) is 0 Å². The van der Waals surface area contributed by atoms with E-state index in [4.69, 9.17) is 0 Å². The standard InChI is InChI=1S/C9H16O2/c10-8-5-7-3-1-2-4-9(7,11)6-8/h7-8,10-11H,1-6H2. The highest BCUT2D eigenvalue weighted by Gasteiger charge is 2.46. The molecule has 11 heavy (non-hydrogen) atoms. The number of hydrogen-bond donors (Lipinski definition) is 2. The third kappa shape index (κ3) is 1.18. The molecular formula is C9H16O2. The van der Waals surface area contributed by atoms with Crippen molar-refractivity contribution in [3.05, 3.63) is 0 Å². The lowest BCUT2D eigenvalue weighted by Crippen LogP contribution is -2.35. The normalized spacial score (nSPS) is 50.7. The maximum absolute atomic E-state index is 10.0. The Morgan fingerprint density at radius 2 is 2.09 bits per heavy atom. The maximum Gasteiger partial charge on any atom is 0.0701 e. The third-order valence-electron chi connectivity index (χ3n) is 3.32. The zero-order valence-corrected chi connectivity index (χ0v) is 6.79. The predicted octanol–water partition coefficient (Wildman–Crippen LogP) is 1.06. The molecule has 0 amide bonds. The van der Waals surface area contributed by atoms with Crippen LogP contribution in [0.25, 0.3) is 0 Å². The number of fused-ring (bicyclic) bond motifs is 1. The van der Waals surface area contributed by atoms with Gasteiger partial charge in [0.2, 0.25) is 0 Å². The van der Waals surface area contributed by atoms with Crippen LogP contribution in [0.15, 0.2) is 0 Å². The Kier molecular flexibility index (Phi) is 1.69. The molecule has 2 rings (SSSR count). The maximum atomic E-state index is 10.0. The van der Waals surface area contributed by atoms with E-state index in [0.29, 0.717) is 12.3 Å². The minimum atomic E-state index is -0.488. The third-order valence-corrected chi connectivity index (χ3v) is 3.32. The predicted molar refractivity (Wildman–Crippen MR) is 42.1 cm³/mol. The van der Waals surface area contributed by atoms with Crippen molar-refractivity contribution < 1.29 is 10.2 Å². The first-order chi connectivity index (χ1) is 5.21. The molecule has 0 aromatic rings. The van der Waals surface area contributed by atoms with E-state index in [9.17, 15) is 10.2 Å². The van der Waals surface area contributed by atoms with Gasteiger partial charge in [-0.15, -0.1) is 0 Å². The van der Waals surface area contributed by atoms with Crippen molar-refractivity contribution >= 4 is 0 Å². The smallest absolute Gasteiger partial charge is 0.0701 e. The Hall–Kier alpha value is -0.0800. The fourth-order valence-electron chi connectivity index (χ4n) is 2.72. The highest BCUT2D eigenvalue weighted by atomic mass is 16.3. The zero-order chi connectivity index (χ0) is 7.90. The second-order valence-electron chi connectivity index (χ2n) is 4.14. The van der Waals surface area contributed by atoms with Gasteiger partial charge in [-0.3, -0.25) is 0 Å². The summed E-state index contributed by atoms with van der Waals surface area (Å²) in [6, 6.07) is 0. The zero-order valence-electron chi connectivity index (χ0n) is 6.79. The summed E-state index contributed by atoms with van der Waals surface area (Å²) in [5.74, 6) is 0.395. The van der Waals surface area contributed by atoms with Gasteiger partial charge in [-0.05, 0) is 25.2 Å². The Morgan fingerprint density at radius 1 is 1.27 bits per heavy atom. The van der Waals surface area contributed by atoms with Crippen LogP contribution in [-0.4, -0.2) is 21.9 Å². The van der Waals surface area contributed by atoms with E-state index in [1.807, 2.05) is 0 Å². The van der Waals surface area contributed by atoms with Gasteiger partial charge in [0, 0.05) is 6.42 Å². The van der Waals surface area contributed by atoms with Crippen molar-refractivity contribution in [2.24, 2.45) is 5.92 Å². The summed E-state index contributed by atoms with van der Waals surface area (Å²) in [6.07, 6.45) is 5.62. The fraction of sp³-hybridized carbons (Fsp3) is 1.00. The van der Waals surface area contributed by atoms with Crippen molar-refractivity contribution in [1.82, 2.24) is 0 Å². The van der Waals surface area contributed by atoms with Crippen molar-refractivity contribution in [1.29, 1.82) is 0 Å². The number of rotatable bonds is 0. The Bertz CT molecular complexity index is 158. The van der Waals surface area contributed by atoms with E-state index in [0.717, 1.165) is 25.7 Å². The molecule has 0 aliphatic heterocycles. The van der Waals surface area contributed by atoms with Gasteiger partial charge in [0.25, 0.3) is 0 Å². The lowest BCUT2D eigenvalue weighted by molar-refractivity contribution is -0.0309. The number of aliphatic hydroxyl groups excluding tert-OH is 1. The molecule has 2 fully saturated rings. The van der Waals surface area contributed by atoms with E-state index in [1.165, 1.54) is 6.42 Å². The summed E-state index contributed by atoms with van der Waals surface area (Å²) in [5.41, 5.74) is -0.488. The second-order valence-corrected chi connectivity index (χ2v) is 4.14. The largest absolute Gasteiger partial charge is 0.393 e. The minimum absolute atomic E-state index is 0.233. The Balaban J connectivity index is 2.11. The van der Waals surface area contributed by atoms with Gasteiger partial charge >= 0.3 is 0 Å². The lowest BCUT2D eigenvalue weighted by Gasteiger charge is -2.34. The number of hydrogen-bond acceptors (Lipinski definition) is 2. The van der Waals surface area contributed by atoms with Crippen molar-refractivity contribution in [3.8, 4) is 0 Å². The van der Waals surface area contributed by atoms with Gasteiger partial charge in [0.05, 0.1) is 11.7 Å². The molecule has 2 nitrogen and oxygen atoms in total. The van der Waals surface area contributed by atoms with E-state index in [2.05, 4.69) is 0 Å². The second kappa shape index (κ2) is 2.46. The molecule has 0 bridgehead atoms. The van der Waals surface area contributed by atoms with E-state index in [-0.39, 0.29) is 6.10 Å². The molecule has 0 saturated heterocycles. The van der Waals surface area contributed by atoms with Crippen molar-refractivity contribution in [2.45, 2.75) is 50.2 Å². The van der Waals surface area contributed by atoms with Crippen LogP contribution in [-0.2, 0) is 0 Å². The average molecular weight is 156 g/mol. The first-order valence-corrected chi connectivity index (χ1v) is 4.61. The first-order valence-electron chi connectivity index (χ1n) is 4.61. The summed E-state index contributed by atoms with van der Waals surface area (Å²) >= 11 is 0. The minimum Gasteiger partial charge on any atom is -0.393 e. The quantitative estimate of drug-likeness (QED) is 0.550. The van der Waals surface area contributed by atoms with Gasteiger partial charge in [-0.25, -0.2) is 0 Å². The summed E-state index contributed by atoms with van der Waals surface area (Å²) in [6.45, 7) is 0. The van der Waals surface area contributed by atoms with Gasteiger partial charge in [-0.1, -0.05) is 12.8 Å². The summed E-state index contributed by atoms with van der Waals surface area (Å²) in [7, 11) is 0. The molecule has 2 heteroatoms. The van der Waals surface area contributed by atoms with Crippen LogP contribution in [0.2, 0.25) is 0 Å². The highest BCUT2D eigenvalue weighted by molar-refractivity contribution is 4.98. The number of aliphatic hydroxyl groups is 2. The molecule has 0 spiro atoms. The van der Waals surface area contributed by atoms with Crippen LogP contribution in [0, 0.1) is 5.92 Å². The van der Waals surface area contributed by atoms with Crippen LogP contribution in [0.3, 0.4) is 0 Å². The average Bonchev–Trinajstić information content (AvgIpc) is 2.22. The van der Waals surface area contributed by atoms with Gasteiger partial charge < -0.3 is 10.2 Å². The van der Waals surface area contributed by atoms with Crippen LogP contribution in [0.1, 0.15) is 38.5 Å². The van der Waals surface area contributed by atoms with Crippen molar-refractivity contribution in [2.75, 3.05) is 0 Å². The molecule has 64 valence electrons. The van der Waals surface area contributed by atoms with Crippen LogP contribution < -0.4 is 0 Å². The molecule has 0 aromatic carbocycles. The Labute approximate surface area is 67.2 Å². The van der Waals surface area contributed by atoms with Crippen LogP contribution in [0.4, 0.5) is 0 Å². The molecule has 0 aromatic heterocycles. The van der Waals surface area contributed by atoms with Gasteiger partial charge in [0.15, 0.2) is 0 Å². The monoisotopic (exact) mass is 156 g/mol.